The van der Waals surface area contributed by atoms with Gasteiger partial charge in [0, 0.05) is 27.8 Å². The van der Waals surface area contributed by atoms with Crippen LogP contribution in [0.2, 0.25) is 25.7 Å². The van der Waals surface area contributed by atoms with Crippen molar-refractivity contribution in [2.45, 2.75) is 44.7 Å². The monoisotopic (exact) mass is 360 g/mol. The van der Waals surface area contributed by atoms with Crippen LogP contribution in [0.1, 0.15) is 0 Å². The molecule has 1 fully saturated rings. The van der Waals surface area contributed by atoms with E-state index in [2.05, 4.69) is 24.7 Å². The van der Waals surface area contributed by atoms with Crippen LogP contribution in [0.3, 0.4) is 0 Å². The number of rotatable bonds is 8. The van der Waals surface area contributed by atoms with Crippen LogP contribution in [0, 0.1) is 10.1 Å². The number of alkyl halides is 1. The highest BCUT2D eigenvalue weighted by Gasteiger charge is 2.35. The predicted octanol–water partition coefficient (Wildman–Crippen LogP) is 2.13. The topological polar surface area (TPSA) is 82.7 Å². The Bertz CT molecular complexity index is 578. The van der Waals surface area contributed by atoms with Gasteiger partial charge in [0.2, 0.25) is 0 Å². The maximum Gasteiger partial charge on any atom is 0.350 e. The molecule has 0 spiro atoms. The van der Waals surface area contributed by atoms with Gasteiger partial charge in [-0.1, -0.05) is 19.6 Å². The Morgan fingerprint density at radius 2 is 2.17 bits per heavy atom. The first-order chi connectivity index (χ1) is 11.2. The van der Waals surface area contributed by atoms with Gasteiger partial charge < -0.3 is 9.47 Å². The first-order valence-corrected chi connectivity index (χ1v) is 11.7. The molecule has 1 aromatic heterocycles. The number of hydrogen-bond donors (Lipinski definition) is 0. The zero-order valence-corrected chi connectivity index (χ0v) is 15.6. The second kappa shape index (κ2) is 7.58. The average Bonchev–Trinajstić information content (AvgIpc) is 2.98. The summed E-state index contributed by atoms with van der Waals surface area (Å²) in [6, 6.07) is 0.998. The van der Waals surface area contributed by atoms with E-state index in [1.807, 2.05) is 0 Å². The van der Waals surface area contributed by atoms with Crippen molar-refractivity contribution < 1.29 is 18.8 Å². The Morgan fingerprint density at radius 1 is 1.46 bits per heavy atom. The van der Waals surface area contributed by atoms with Crippen LogP contribution in [0.4, 0.5) is 10.1 Å². The van der Waals surface area contributed by atoms with Crippen molar-refractivity contribution in [2.24, 2.45) is 0 Å². The number of aromatic nitrogens is 2. The van der Waals surface area contributed by atoms with Crippen LogP contribution in [-0.4, -0.2) is 66.7 Å². The standard InChI is InChI=1S/C14H25FN4O4Si/c1-17-7-11(15)13(9-17)23-14-12(19(20)21)8-18(16-14)10-22-5-6-24(2,3)4/h8,11,13H,5-7,9-10H2,1-4H3. The summed E-state index contributed by atoms with van der Waals surface area (Å²) >= 11 is 0. The molecule has 10 heteroatoms. The average molecular weight is 360 g/mol. The summed E-state index contributed by atoms with van der Waals surface area (Å²) in [4.78, 5) is 12.3. The normalized spacial score (nSPS) is 22.0. The molecule has 1 aromatic rings. The maximum atomic E-state index is 13.8. The summed E-state index contributed by atoms with van der Waals surface area (Å²) in [5.74, 6) is -0.156. The number of hydrogen-bond acceptors (Lipinski definition) is 6. The number of ether oxygens (including phenoxy) is 2. The van der Waals surface area contributed by atoms with E-state index in [9.17, 15) is 14.5 Å². The van der Waals surface area contributed by atoms with Crippen LogP contribution in [0.5, 0.6) is 5.88 Å². The molecule has 2 atom stereocenters. The third-order valence-corrected chi connectivity index (χ3v) is 5.47. The molecule has 0 aromatic carbocycles. The second-order valence-corrected chi connectivity index (χ2v) is 13.0. The molecular formula is C14H25FN4O4Si. The lowest BCUT2D eigenvalue weighted by Crippen LogP contribution is -2.27. The smallest absolute Gasteiger partial charge is 0.350 e. The summed E-state index contributed by atoms with van der Waals surface area (Å²) in [6.07, 6.45) is -0.673. The van der Waals surface area contributed by atoms with E-state index in [1.165, 1.54) is 10.9 Å². The fraction of sp³-hybridized carbons (Fsp3) is 0.786. The molecular weight excluding hydrogens is 335 g/mol. The quantitative estimate of drug-likeness (QED) is 0.306. The van der Waals surface area contributed by atoms with Gasteiger partial charge in [0.15, 0.2) is 6.17 Å². The molecule has 24 heavy (non-hydrogen) atoms. The van der Waals surface area contributed by atoms with Gasteiger partial charge >= 0.3 is 11.6 Å². The van der Waals surface area contributed by atoms with Crippen molar-refractivity contribution in [3.63, 3.8) is 0 Å². The van der Waals surface area contributed by atoms with E-state index in [1.54, 1.807) is 11.9 Å². The van der Waals surface area contributed by atoms with Crippen molar-refractivity contribution in [1.29, 1.82) is 0 Å². The highest BCUT2D eigenvalue weighted by atomic mass is 28.3. The van der Waals surface area contributed by atoms with Crippen LogP contribution in [0.15, 0.2) is 6.20 Å². The van der Waals surface area contributed by atoms with Gasteiger partial charge in [0.1, 0.15) is 19.0 Å². The zero-order valence-electron chi connectivity index (χ0n) is 14.6. The Balaban J connectivity index is 1.98. The Hall–Kier alpha value is -1.52. The largest absolute Gasteiger partial charge is 0.464 e. The lowest BCUT2D eigenvalue weighted by atomic mass is 10.3. The highest BCUT2D eigenvalue weighted by Crippen LogP contribution is 2.28. The van der Waals surface area contributed by atoms with Crippen molar-refractivity contribution in [3.05, 3.63) is 16.3 Å². The summed E-state index contributed by atoms with van der Waals surface area (Å²) in [7, 11) is 0.581. The Morgan fingerprint density at radius 3 is 2.71 bits per heavy atom. The minimum Gasteiger partial charge on any atom is -0.464 e. The van der Waals surface area contributed by atoms with Crippen LogP contribution >= 0.6 is 0 Å². The van der Waals surface area contributed by atoms with Gasteiger partial charge in [-0.15, -0.1) is 5.10 Å². The van der Waals surface area contributed by atoms with E-state index < -0.39 is 25.3 Å². The van der Waals surface area contributed by atoms with Gasteiger partial charge in [0.05, 0.1) is 4.92 Å². The minimum atomic E-state index is -1.19. The molecule has 1 aliphatic heterocycles. The summed E-state index contributed by atoms with van der Waals surface area (Å²) < 4.78 is 26.1. The van der Waals surface area contributed by atoms with Gasteiger partial charge in [-0.2, -0.15) is 0 Å². The molecule has 1 aliphatic rings. The van der Waals surface area contributed by atoms with Gasteiger partial charge in [-0.05, 0) is 13.1 Å². The highest BCUT2D eigenvalue weighted by molar-refractivity contribution is 6.76. The number of nitrogens with zero attached hydrogens (tertiary/aromatic N) is 4. The van der Waals surface area contributed by atoms with Crippen molar-refractivity contribution in [2.75, 3.05) is 26.7 Å². The molecule has 0 aliphatic carbocycles. The second-order valence-electron chi connectivity index (χ2n) is 7.36. The summed E-state index contributed by atoms with van der Waals surface area (Å²) in [6.45, 7) is 8.04. The molecule has 8 nitrogen and oxygen atoms in total. The van der Waals surface area contributed by atoms with Crippen LogP contribution < -0.4 is 4.74 Å². The predicted molar refractivity (Wildman–Crippen MR) is 89.8 cm³/mol. The zero-order chi connectivity index (χ0) is 17.9. The number of halogens is 1. The molecule has 2 heterocycles. The van der Waals surface area contributed by atoms with Crippen LogP contribution in [-0.2, 0) is 11.5 Å². The van der Waals surface area contributed by atoms with E-state index in [4.69, 9.17) is 9.47 Å². The molecule has 0 saturated carbocycles. The molecule has 136 valence electrons. The molecule has 1 saturated heterocycles. The molecule has 0 bridgehead atoms. The van der Waals surface area contributed by atoms with E-state index in [0.29, 0.717) is 13.2 Å². The first kappa shape index (κ1) is 18.8. The maximum absolute atomic E-state index is 13.8. The molecule has 0 N–H and O–H groups in total. The van der Waals surface area contributed by atoms with Crippen molar-refractivity contribution in [1.82, 2.24) is 14.7 Å². The van der Waals surface area contributed by atoms with Gasteiger partial charge in [0.25, 0.3) is 0 Å². The number of nitro groups is 1. The fourth-order valence-electron chi connectivity index (χ4n) is 2.37. The van der Waals surface area contributed by atoms with Gasteiger partial charge in [-0.3, -0.25) is 15.0 Å². The fourth-order valence-corrected chi connectivity index (χ4v) is 3.13. The van der Waals surface area contributed by atoms with E-state index in [-0.39, 0.29) is 24.8 Å². The third-order valence-electron chi connectivity index (χ3n) is 3.77. The van der Waals surface area contributed by atoms with Gasteiger partial charge in [-0.25, -0.2) is 9.07 Å². The number of likely N-dealkylation sites (N-methyl/N-ethyl adjacent to an activating group) is 1. The van der Waals surface area contributed by atoms with E-state index >= 15 is 0 Å². The van der Waals surface area contributed by atoms with Crippen molar-refractivity contribution >= 4 is 13.8 Å². The lowest BCUT2D eigenvalue weighted by molar-refractivity contribution is -0.386. The first-order valence-electron chi connectivity index (χ1n) is 7.94. The lowest BCUT2D eigenvalue weighted by Gasteiger charge is -2.15. The van der Waals surface area contributed by atoms with Crippen LogP contribution in [0.25, 0.3) is 0 Å². The SMILES string of the molecule is CN1CC(F)C(Oc2nn(COCC[Si](C)(C)C)cc2[N+](=O)[O-])C1. The molecule has 0 amide bonds. The number of likely N-dealkylation sites (tertiary alicyclic amines) is 1. The molecule has 0 radical (unpaired) electrons. The Kier molecular flexibility index (Phi) is 5.94. The summed E-state index contributed by atoms with van der Waals surface area (Å²) in [5, 5.41) is 15.2. The minimum absolute atomic E-state index is 0.109. The van der Waals surface area contributed by atoms with Crippen molar-refractivity contribution in [3.8, 4) is 5.88 Å². The molecule has 2 unspecified atom stereocenters. The third kappa shape index (κ3) is 5.25. The molecule has 2 rings (SSSR count). The Labute approximate surface area is 141 Å². The summed E-state index contributed by atoms with van der Waals surface area (Å²) in [5.41, 5.74) is -0.273. The van der Waals surface area contributed by atoms with E-state index in [0.717, 1.165) is 6.04 Å².